The van der Waals surface area contributed by atoms with E-state index in [1.807, 2.05) is 0 Å². The lowest BCUT2D eigenvalue weighted by molar-refractivity contribution is 0.0920. The fourth-order valence-electron chi connectivity index (χ4n) is 2.35. The number of ether oxygens (including phenoxy) is 1. The van der Waals surface area contributed by atoms with Crippen LogP contribution in [0.1, 0.15) is 35.8 Å². The van der Waals surface area contributed by atoms with E-state index in [9.17, 15) is 13.2 Å². The molecule has 110 valence electrons. The molecule has 2 aliphatic rings. The lowest BCUT2D eigenvalue weighted by atomic mass is 10.2. The first-order chi connectivity index (χ1) is 9.45. The molecule has 2 fully saturated rings. The van der Waals surface area contributed by atoms with Crippen molar-refractivity contribution in [2.75, 3.05) is 13.2 Å². The molecule has 1 saturated carbocycles. The van der Waals surface area contributed by atoms with Gasteiger partial charge in [0.2, 0.25) is 10.0 Å². The summed E-state index contributed by atoms with van der Waals surface area (Å²) in [5.41, 5.74) is 0.350. The van der Waals surface area contributed by atoms with Crippen LogP contribution in [0.3, 0.4) is 0 Å². The Labute approximate surface area is 117 Å². The van der Waals surface area contributed by atoms with Gasteiger partial charge in [0.15, 0.2) is 0 Å². The van der Waals surface area contributed by atoms with Crippen LogP contribution in [-0.4, -0.2) is 38.1 Å². The highest BCUT2D eigenvalue weighted by Crippen LogP contribution is 2.37. The van der Waals surface area contributed by atoms with E-state index in [2.05, 4.69) is 5.32 Å². The van der Waals surface area contributed by atoms with E-state index in [-0.39, 0.29) is 22.9 Å². The van der Waals surface area contributed by atoms with E-state index >= 15 is 0 Å². The Morgan fingerprint density at radius 1 is 1.40 bits per heavy atom. The summed E-state index contributed by atoms with van der Waals surface area (Å²) < 4.78 is 29.8. The molecule has 1 amide bonds. The summed E-state index contributed by atoms with van der Waals surface area (Å²) in [6.07, 6.45) is 4.13. The van der Waals surface area contributed by atoms with Crippen molar-refractivity contribution >= 4 is 15.9 Å². The zero-order valence-electron chi connectivity index (χ0n) is 10.9. The molecule has 0 radical (unpaired) electrons. The second-order valence-electron chi connectivity index (χ2n) is 5.28. The van der Waals surface area contributed by atoms with E-state index < -0.39 is 10.0 Å². The van der Waals surface area contributed by atoms with Gasteiger partial charge < -0.3 is 14.6 Å². The van der Waals surface area contributed by atoms with Gasteiger partial charge >= 0.3 is 0 Å². The summed E-state index contributed by atoms with van der Waals surface area (Å²) in [5, 5.41) is 7.99. The van der Waals surface area contributed by atoms with Crippen molar-refractivity contribution in [3.05, 3.63) is 18.0 Å². The molecule has 1 atom stereocenters. The Morgan fingerprint density at radius 3 is 2.70 bits per heavy atom. The average Bonchev–Trinajstić information content (AvgIpc) is 2.90. The van der Waals surface area contributed by atoms with Crippen LogP contribution in [0.4, 0.5) is 0 Å². The molecule has 0 spiro atoms. The van der Waals surface area contributed by atoms with Gasteiger partial charge in [-0.25, -0.2) is 13.6 Å². The van der Waals surface area contributed by atoms with Gasteiger partial charge in [0.1, 0.15) is 10.6 Å². The zero-order chi connectivity index (χ0) is 14.3. The van der Waals surface area contributed by atoms with Gasteiger partial charge in [-0.05, 0) is 25.3 Å². The maximum atomic E-state index is 12.3. The van der Waals surface area contributed by atoms with Crippen molar-refractivity contribution in [3.63, 3.8) is 0 Å². The van der Waals surface area contributed by atoms with Gasteiger partial charge in [-0.1, -0.05) is 0 Å². The van der Waals surface area contributed by atoms with E-state index in [1.165, 1.54) is 12.3 Å². The third kappa shape index (κ3) is 2.72. The lowest BCUT2D eigenvalue weighted by Gasteiger charge is -2.12. The number of rotatable bonds is 4. The SMILES string of the molecule is NS(=O)(=O)c1cc(C(=O)NC2CCOC2)n(C2CC2)c1. The summed E-state index contributed by atoms with van der Waals surface area (Å²) in [4.78, 5) is 12.3. The molecule has 0 aromatic carbocycles. The maximum Gasteiger partial charge on any atom is 0.268 e. The van der Waals surface area contributed by atoms with Crippen molar-refractivity contribution in [3.8, 4) is 0 Å². The number of nitrogens with zero attached hydrogens (tertiary/aromatic N) is 1. The van der Waals surface area contributed by atoms with E-state index in [4.69, 9.17) is 9.88 Å². The van der Waals surface area contributed by atoms with Crippen LogP contribution in [0.15, 0.2) is 17.2 Å². The van der Waals surface area contributed by atoms with E-state index in [0.29, 0.717) is 18.9 Å². The summed E-state index contributed by atoms with van der Waals surface area (Å²) >= 11 is 0. The van der Waals surface area contributed by atoms with Gasteiger partial charge in [-0.15, -0.1) is 0 Å². The molecule has 1 aromatic heterocycles. The van der Waals surface area contributed by atoms with Crippen LogP contribution in [0.5, 0.6) is 0 Å². The summed E-state index contributed by atoms with van der Waals surface area (Å²) in [5.74, 6) is -0.276. The van der Waals surface area contributed by atoms with Crippen LogP contribution >= 0.6 is 0 Å². The standard InChI is InChI=1S/C12H17N3O4S/c13-20(17,18)10-5-11(15(6-10)9-1-2-9)12(16)14-8-3-4-19-7-8/h5-6,8-9H,1-4,7H2,(H,14,16)(H2,13,17,18). The van der Waals surface area contributed by atoms with Gasteiger partial charge in [0, 0.05) is 18.8 Å². The van der Waals surface area contributed by atoms with Crippen LogP contribution < -0.4 is 10.5 Å². The molecule has 3 N–H and O–H groups in total. The first kappa shape index (κ1) is 13.6. The van der Waals surface area contributed by atoms with Crippen LogP contribution in [0.2, 0.25) is 0 Å². The summed E-state index contributed by atoms with van der Waals surface area (Å²) in [7, 11) is -3.80. The minimum absolute atomic E-state index is 0.0111. The molecule has 1 aromatic rings. The highest BCUT2D eigenvalue weighted by atomic mass is 32.2. The Balaban J connectivity index is 1.86. The quantitative estimate of drug-likeness (QED) is 0.816. The average molecular weight is 299 g/mol. The number of hydrogen-bond donors (Lipinski definition) is 2. The number of aromatic nitrogens is 1. The molecule has 7 nitrogen and oxygen atoms in total. The molecule has 20 heavy (non-hydrogen) atoms. The van der Waals surface area contributed by atoms with Crippen molar-refractivity contribution in [2.45, 2.75) is 36.2 Å². The maximum absolute atomic E-state index is 12.3. The minimum Gasteiger partial charge on any atom is -0.379 e. The molecule has 2 heterocycles. The molecular formula is C12H17N3O4S. The summed E-state index contributed by atoms with van der Waals surface area (Å²) in [6.45, 7) is 1.13. The second-order valence-corrected chi connectivity index (χ2v) is 6.84. The fraction of sp³-hybridized carbons (Fsp3) is 0.583. The van der Waals surface area contributed by atoms with Gasteiger partial charge in [-0.2, -0.15) is 0 Å². The minimum atomic E-state index is -3.80. The third-order valence-electron chi connectivity index (χ3n) is 3.59. The van der Waals surface area contributed by atoms with Crippen molar-refractivity contribution in [2.24, 2.45) is 5.14 Å². The Morgan fingerprint density at radius 2 is 2.15 bits per heavy atom. The first-order valence-corrected chi connectivity index (χ1v) is 8.13. The molecule has 1 unspecified atom stereocenters. The van der Waals surface area contributed by atoms with Crippen LogP contribution in [0, 0.1) is 0 Å². The van der Waals surface area contributed by atoms with Crippen LogP contribution in [-0.2, 0) is 14.8 Å². The Kier molecular flexibility index (Phi) is 3.31. The fourth-order valence-corrected chi connectivity index (χ4v) is 2.89. The summed E-state index contributed by atoms with van der Waals surface area (Å²) in [6, 6.07) is 1.53. The number of hydrogen-bond acceptors (Lipinski definition) is 4. The van der Waals surface area contributed by atoms with Crippen molar-refractivity contribution < 1.29 is 17.9 Å². The van der Waals surface area contributed by atoms with E-state index in [1.54, 1.807) is 4.57 Å². The Bertz CT molecular complexity index is 627. The molecular weight excluding hydrogens is 282 g/mol. The monoisotopic (exact) mass is 299 g/mol. The number of carbonyl (C=O) groups excluding carboxylic acids is 1. The number of carbonyl (C=O) groups is 1. The zero-order valence-corrected chi connectivity index (χ0v) is 11.7. The molecule has 1 aliphatic heterocycles. The van der Waals surface area contributed by atoms with Gasteiger partial charge in [0.25, 0.3) is 5.91 Å². The smallest absolute Gasteiger partial charge is 0.268 e. The molecule has 1 aliphatic carbocycles. The second kappa shape index (κ2) is 4.87. The van der Waals surface area contributed by atoms with Crippen molar-refractivity contribution in [1.82, 2.24) is 9.88 Å². The normalized spacial score (nSPS) is 22.9. The number of nitrogens with two attached hydrogens (primary N) is 1. The van der Waals surface area contributed by atoms with Gasteiger partial charge in [0.05, 0.1) is 12.6 Å². The topological polar surface area (TPSA) is 103 Å². The predicted molar refractivity (Wildman–Crippen MR) is 70.8 cm³/mol. The molecule has 8 heteroatoms. The largest absolute Gasteiger partial charge is 0.379 e. The highest BCUT2D eigenvalue weighted by Gasteiger charge is 2.30. The highest BCUT2D eigenvalue weighted by molar-refractivity contribution is 7.89. The lowest BCUT2D eigenvalue weighted by Crippen LogP contribution is -2.36. The molecule has 0 bridgehead atoms. The first-order valence-electron chi connectivity index (χ1n) is 6.58. The predicted octanol–water partition coefficient (Wildman–Crippen LogP) is -0.0109. The Hall–Kier alpha value is -1.38. The van der Waals surface area contributed by atoms with Gasteiger partial charge in [-0.3, -0.25) is 4.79 Å². The molecule has 1 saturated heterocycles. The number of nitrogens with one attached hydrogen (secondary N) is 1. The number of amides is 1. The van der Waals surface area contributed by atoms with E-state index in [0.717, 1.165) is 19.3 Å². The number of primary sulfonamides is 1. The molecule has 3 rings (SSSR count). The third-order valence-corrected chi connectivity index (χ3v) is 4.47. The number of sulfonamides is 1. The van der Waals surface area contributed by atoms with Crippen LogP contribution in [0.25, 0.3) is 0 Å². The van der Waals surface area contributed by atoms with Crippen molar-refractivity contribution in [1.29, 1.82) is 0 Å².